The van der Waals surface area contributed by atoms with Crippen LogP contribution in [0.25, 0.3) is 0 Å². The molecule has 0 unspecified atom stereocenters. The van der Waals surface area contributed by atoms with Gasteiger partial charge in [0.25, 0.3) is 10.0 Å². The Morgan fingerprint density at radius 2 is 1.73 bits per heavy atom. The third-order valence-electron chi connectivity index (χ3n) is 2.65. The lowest BCUT2D eigenvalue weighted by Crippen LogP contribution is -2.16. The van der Waals surface area contributed by atoms with Crippen LogP contribution in [0.3, 0.4) is 0 Å². The fraction of sp³-hybridized carbons (Fsp3) is 0. The zero-order valence-corrected chi connectivity index (χ0v) is 11.5. The first-order valence-electron chi connectivity index (χ1n) is 5.72. The van der Waals surface area contributed by atoms with Gasteiger partial charge in [-0.1, -0.05) is 6.07 Å². The van der Waals surface area contributed by atoms with Gasteiger partial charge < -0.3 is 5.11 Å². The largest absolute Gasteiger partial charge is 0.478 e. The van der Waals surface area contributed by atoms with Gasteiger partial charge in [-0.25, -0.2) is 26.4 Å². The summed E-state index contributed by atoms with van der Waals surface area (Å²) in [7, 11) is -4.50. The average molecular weight is 331 g/mol. The molecule has 0 saturated carbocycles. The minimum atomic E-state index is -4.50. The maximum atomic E-state index is 13.5. The topological polar surface area (TPSA) is 83.5 Å². The fourth-order valence-electron chi connectivity index (χ4n) is 1.65. The second-order valence-corrected chi connectivity index (χ2v) is 5.81. The predicted molar refractivity (Wildman–Crippen MR) is 70.5 cm³/mol. The molecular weight excluding hydrogens is 323 g/mol. The molecule has 0 aliphatic carbocycles. The van der Waals surface area contributed by atoms with Crippen LogP contribution in [0.2, 0.25) is 0 Å². The van der Waals surface area contributed by atoms with Crippen molar-refractivity contribution >= 4 is 21.7 Å². The van der Waals surface area contributed by atoms with Gasteiger partial charge >= 0.3 is 5.97 Å². The van der Waals surface area contributed by atoms with E-state index in [0.29, 0.717) is 0 Å². The van der Waals surface area contributed by atoms with Crippen LogP contribution in [0.1, 0.15) is 10.4 Å². The van der Waals surface area contributed by atoms with Crippen molar-refractivity contribution in [3.05, 3.63) is 59.4 Å². The molecule has 9 heteroatoms. The number of hydrogen-bond acceptors (Lipinski definition) is 3. The number of benzene rings is 2. The summed E-state index contributed by atoms with van der Waals surface area (Å²) in [4.78, 5) is 9.83. The highest BCUT2D eigenvalue weighted by molar-refractivity contribution is 7.92. The SMILES string of the molecule is O=C(O)c1cc(NS(=O)(=O)c2cccc(F)c2F)ccc1F. The third kappa shape index (κ3) is 3.03. The minimum Gasteiger partial charge on any atom is -0.478 e. The van der Waals surface area contributed by atoms with Gasteiger partial charge in [0, 0.05) is 5.69 Å². The molecule has 0 fully saturated rings. The number of rotatable bonds is 4. The summed E-state index contributed by atoms with van der Waals surface area (Å²) in [5.74, 6) is -5.59. The number of carboxylic acid groups (broad SMARTS) is 1. The molecule has 0 saturated heterocycles. The summed E-state index contributed by atoms with van der Waals surface area (Å²) in [5.41, 5.74) is -1.07. The van der Waals surface area contributed by atoms with Gasteiger partial charge in [-0.05, 0) is 30.3 Å². The van der Waals surface area contributed by atoms with Crippen LogP contribution in [0.15, 0.2) is 41.3 Å². The standard InChI is InChI=1S/C13H8F3NO4S/c14-9-5-4-7(6-8(9)13(18)19)17-22(20,21)11-3-1-2-10(15)12(11)16/h1-6,17H,(H,18,19). The minimum absolute atomic E-state index is 0.303. The highest BCUT2D eigenvalue weighted by Gasteiger charge is 2.22. The Morgan fingerprint density at radius 1 is 1.05 bits per heavy atom. The Bertz CT molecular complexity index is 852. The van der Waals surface area contributed by atoms with Crippen molar-refractivity contribution in [3.8, 4) is 0 Å². The highest BCUT2D eigenvalue weighted by Crippen LogP contribution is 2.22. The second-order valence-electron chi connectivity index (χ2n) is 4.16. The molecule has 0 spiro atoms. The van der Waals surface area contributed by atoms with E-state index in [2.05, 4.69) is 0 Å². The number of halogens is 3. The van der Waals surface area contributed by atoms with Crippen molar-refractivity contribution in [2.45, 2.75) is 4.90 Å². The van der Waals surface area contributed by atoms with E-state index in [1.807, 2.05) is 4.72 Å². The van der Waals surface area contributed by atoms with Crippen molar-refractivity contribution in [3.63, 3.8) is 0 Å². The van der Waals surface area contributed by atoms with E-state index in [0.717, 1.165) is 36.4 Å². The number of anilines is 1. The van der Waals surface area contributed by atoms with E-state index in [4.69, 9.17) is 5.11 Å². The van der Waals surface area contributed by atoms with Crippen LogP contribution >= 0.6 is 0 Å². The molecule has 0 aromatic heterocycles. The molecule has 0 atom stereocenters. The third-order valence-corrected chi connectivity index (χ3v) is 4.05. The number of carbonyl (C=O) groups is 1. The molecule has 0 bridgehead atoms. The van der Waals surface area contributed by atoms with E-state index >= 15 is 0 Å². The van der Waals surface area contributed by atoms with Gasteiger partial charge in [0.1, 0.15) is 10.7 Å². The van der Waals surface area contributed by atoms with Crippen LogP contribution in [0.4, 0.5) is 18.9 Å². The normalized spacial score (nSPS) is 11.2. The lowest BCUT2D eigenvalue weighted by molar-refractivity contribution is 0.0692. The lowest BCUT2D eigenvalue weighted by atomic mass is 10.2. The van der Waals surface area contributed by atoms with Gasteiger partial charge in [-0.15, -0.1) is 0 Å². The van der Waals surface area contributed by atoms with Crippen LogP contribution in [0, 0.1) is 17.5 Å². The summed E-state index contributed by atoms with van der Waals surface area (Å²) >= 11 is 0. The summed E-state index contributed by atoms with van der Waals surface area (Å²) in [6.45, 7) is 0. The first kappa shape index (κ1) is 15.8. The predicted octanol–water partition coefficient (Wildman–Crippen LogP) is 2.60. The van der Waals surface area contributed by atoms with Gasteiger partial charge in [0.15, 0.2) is 11.6 Å². The summed E-state index contributed by atoms with van der Waals surface area (Å²) < 4.78 is 65.6. The molecule has 0 aliphatic rings. The van der Waals surface area contributed by atoms with Gasteiger partial charge in [-0.3, -0.25) is 4.72 Å². The van der Waals surface area contributed by atoms with E-state index in [1.165, 1.54) is 0 Å². The molecule has 0 aliphatic heterocycles. The van der Waals surface area contributed by atoms with Crippen LogP contribution in [0.5, 0.6) is 0 Å². The summed E-state index contributed by atoms with van der Waals surface area (Å²) in [6, 6.07) is 5.00. The second kappa shape index (κ2) is 5.68. The van der Waals surface area contributed by atoms with E-state index in [-0.39, 0.29) is 5.69 Å². The van der Waals surface area contributed by atoms with Gasteiger partial charge in [0.2, 0.25) is 0 Å². The Labute approximate surface area is 123 Å². The monoisotopic (exact) mass is 331 g/mol. The Kier molecular flexibility index (Phi) is 4.09. The number of sulfonamides is 1. The fourth-order valence-corrected chi connectivity index (χ4v) is 2.79. The van der Waals surface area contributed by atoms with Crippen LogP contribution < -0.4 is 4.72 Å². The molecule has 0 radical (unpaired) electrons. The first-order chi connectivity index (χ1) is 10.2. The Balaban J connectivity index is 2.43. The van der Waals surface area contributed by atoms with Crippen molar-refractivity contribution in [1.29, 1.82) is 0 Å². The van der Waals surface area contributed by atoms with Gasteiger partial charge in [0.05, 0.1) is 5.56 Å². The number of nitrogens with one attached hydrogen (secondary N) is 1. The van der Waals surface area contributed by atoms with Gasteiger partial charge in [-0.2, -0.15) is 0 Å². The molecule has 0 heterocycles. The zero-order valence-electron chi connectivity index (χ0n) is 10.7. The highest BCUT2D eigenvalue weighted by atomic mass is 32.2. The quantitative estimate of drug-likeness (QED) is 0.902. The van der Waals surface area contributed by atoms with E-state index in [9.17, 15) is 26.4 Å². The number of aromatic carboxylic acids is 1. The van der Waals surface area contributed by atoms with Crippen molar-refractivity contribution in [2.24, 2.45) is 0 Å². The van der Waals surface area contributed by atoms with E-state index < -0.39 is 43.9 Å². The number of hydrogen-bond donors (Lipinski definition) is 2. The molecule has 116 valence electrons. The Morgan fingerprint density at radius 3 is 2.36 bits per heavy atom. The first-order valence-corrected chi connectivity index (χ1v) is 7.20. The maximum absolute atomic E-state index is 13.5. The van der Waals surface area contributed by atoms with Crippen LogP contribution in [-0.2, 0) is 10.0 Å². The molecular formula is C13H8F3NO4S. The molecule has 2 aromatic carbocycles. The van der Waals surface area contributed by atoms with Crippen molar-refractivity contribution in [2.75, 3.05) is 4.72 Å². The van der Waals surface area contributed by atoms with Crippen LogP contribution in [-0.4, -0.2) is 19.5 Å². The molecule has 5 nitrogen and oxygen atoms in total. The van der Waals surface area contributed by atoms with Crippen molar-refractivity contribution in [1.82, 2.24) is 0 Å². The smallest absolute Gasteiger partial charge is 0.338 e. The Hall–Kier alpha value is -2.55. The zero-order chi connectivity index (χ0) is 16.5. The maximum Gasteiger partial charge on any atom is 0.338 e. The molecule has 2 aromatic rings. The van der Waals surface area contributed by atoms with E-state index in [1.54, 1.807) is 0 Å². The molecule has 2 N–H and O–H groups in total. The molecule has 0 amide bonds. The van der Waals surface area contributed by atoms with Crippen molar-refractivity contribution < 1.29 is 31.5 Å². The molecule has 22 heavy (non-hydrogen) atoms. The summed E-state index contributed by atoms with van der Waals surface area (Å²) in [6.07, 6.45) is 0. The molecule has 2 rings (SSSR count). The number of carboxylic acids is 1. The average Bonchev–Trinajstić information content (AvgIpc) is 2.43. The lowest BCUT2D eigenvalue weighted by Gasteiger charge is -2.10. The summed E-state index contributed by atoms with van der Waals surface area (Å²) in [5, 5.41) is 8.76.